The molecule has 0 amide bonds. The second kappa shape index (κ2) is 3.97. The van der Waals surface area contributed by atoms with Gasteiger partial charge in [0.15, 0.2) is 0 Å². The quantitative estimate of drug-likeness (QED) is 0.626. The Hall–Kier alpha value is -0.0400. The Morgan fingerprint density at radius 3 is 2.40 bits per heavy atom. The Kier molecular flexibility index (Phi) is 3.20. The maximum atomic E-state index is 5.48. The SMILES string of the molecule is CC([CH]N)C1CCCCC1. The van der Waals surface area contributed by atoms with Gasteiger partial charge in [-0.25, -0.2) is 0 Å². The van der Waals surface area contributed by atoms with Gasteiger partial charge < -0.3 is 5.73 Å². The van der Waals surface area contributed by atoms with Crippen LogP contribution in [0.3, 0.4) is 0 Å². The molecule has 1 heteroatoms. The molecule has 10 heavy (non-hydrogen) atoms. The van der Waals surface area contributed by atoms with E-state index in [4.69, 9.17) is 5.73 Å². The van der Waals surface area contributed by atoms with E-state index in [9.17, 15) is 0 Å². The lowest BCUT2D eigenvalue weighted by molar-refractivity contribution is 0.286. The van der Waals surface area contributed by atoms with Crippen molar-refractivity contribution in [3.63, 3.8) is 0 Å². The van der Waals surface area contributed by atoms with Crippen LogP contribution < -0.4 is 5.73 Å². The maximum absolute atomic E-state index is 5.48. The smallest absolute Gasteiger partial charge is 0.0223 e. The molecule has 1 saturated carbocycles. The number of hydrogen-bond donors (Lipinski definition) is 1. The molecule has 1 aliphatic rings. The van der Waals surface area contributed by atoms with Crippen molar-refractivity contribution in [2.75, 3.05) is 0 Å². The third kappa shape index (κ3) is 1.98. The van der Waals surface area contributed by atoms with Gasteiger partial charge in [0.05, 0.1) is 0 Å². The molecule has 1 rings (SSSR count). The summed E-state index contributed by atoms with van der Waals surface area (Å²) in [6.07, 6.45) is 7.07. The summed E-state index contributed by atoms with van der Waals surface area (Å²) in [5.41, 5.74) is 5.48. The molecule has 2 N–H and O–H groups in total. The van der Waals surface area contributed by atoms with Crippen molar-refractivity contribution in [1.82, 2.24) is 0 Å². The Balaban J connectivity index is 2.24. The Morgan fingerprint density at radius 1 is 1.30 bits per heavy atom. The third-order valence-corrected chi connectivity index (χ3v) is 2.70. The van der Waals surface area contributed by atoms with Crippen LogP contribution in [-0.4, -0.2) is 0 Å². The summed E-state index contributed by atoms with van der Waals surface area (Å²) in [6.45, 7) is 4.09. The van der Waals surface area contributed by atoms with Crippen LogP contribution >= 0.6 is 0 Å². The summed E-state index contributed by atoms with van der Waals surface area (Å²) in [5.74, 6) is 1.53. The van der Waals surface area contributed by atoms with Gasteiger partial charge in [-0.2, -0.15) is 0 Å². The lowest BCUT2D eigenvalue weighted by atomic mass is 9.81. The summed E-state index contributed by atoms with van der Waals surface area (Å²) in [7, 11) is 0. The van der Waals surface area contributed by atoms with Gasteiger partial charge in [0.1, 0.15) is 0 Å². The van der Waals surface area contributed by atoms with Gasteiger partial charge in [0, 0.05) is 6.54 Å². The highest BCUT2D eigenvalue weighted by atomic mass is 14.5. The van der Waals surface area contributed by atoms with E-state index in [0.717, 1.165) is 5.92 Å². The molecule has 0 bridgehead atoms. The summed E-state index contributed by atoms with van der Waals surface area (Å²) in [4.78, 5) is 0. The van der Waals surface area contributed by atoms with Gasteiger partial charge in [-0.05, 0) is 11.8 Å². The number of nitrogens with two attached hydrogens (primary N) is 1. The van der Waals surface area contributed by atoms with Crippen LogP contribution in [-0.2, 0) is 0 Å². The van der Waals surface area contributed by atoms with Crippen LogP contribution in [0.4, 0.5) is 0 Å². The molecule has 0 aliphatic heterocycles. The zero-order valence-electron chi connectivity index (χ0n) is 6.84. The second-order valence-electron chi connectivity index (χ2n) is 3.45. The van der Waals surface area contributed by atoms with E-state index < -0.39 is 0 Å². The average molecular weight is 140 g/mol. The zero-order chi connectivity index (χ0) is 7.40. The molecule has 0 aromatic carbocycles. The highest BCUT2D eigenvalue weighted by molar-refractivity contribution is 4.76. The standard InChI is InChI=1S/C9H18N/c1-8(7-10)9-5-3-2-4-6-9/h7-9H,2-6,10H2,1H3. The molecule has 1 atom stereocenters. The maximum Gasteiger partial charge on any atom is 0.0223 e. The lowest BCUT2D eigenvalue weighted by Gasteiger charge is -2.26. The van der Waals surface area contributed by atoms with Crippen molar-refractivity contribution in [3.8, 4) is 0 Å². The van der Waals surface area contributed by atoms with Gasteiger partial charge in [0.2, 0.25) is 0 Å². The molecule has 1 fully saturated rings. The molecule has 1 aliphatic carbocycles. The van der Waals surface area contributed by atoms with E-state index in [2.05, 4.69) is 6.92 Å². The molecule has 1 radical (unpaired) electrons. The fourth-order valence-corrected chi connectivity index (χ4v) is 1.82. The monoisotopic (exact) mass is 140 g/mol. The topological polar surface area (TPSA) is 26.0 Å². The molecule has 1 unspecified atom stereocenters. The van der Waals surface area contributed by atoms with E-state index in [1.54, 1.807) is 0 Å². The Bertz CT molecular complexity index is 84.7. The van der Waals surface area contributed by atoms with E-state index in [1.165, 1.54) is 32.1 Å². The van der Waals surface area contributed by atoms with Gasteiger partial charge in [-0.15, -0.1) is 0 Å². The van der Waals surface area contributed by atoms with Crippen LogP contribution in [0.2, 0.25) is 0 Å². The van der Waals surface area contributed by atoms with Gasteiger partial charge >= 0.3 is 0 Å². The number of rotatable bonds is 2. The van der Waals surface area contributed by atoms with Crippen molar-refractivity contribution in [2.24, 2.45) is 17.6 Å². The predicted molar refractivity (Wildman–Crippen MR) is 44.2 cm³/mol. The molecule has 0 aromatic rings. The van der Waals surface area contributed by atoms with E-state index >= 15 is 0 Å². The lowest BCUT2D eigenvalue weighted by Crippen LogP contribution is -2.18. The van der Waals surface area contributed by atoms with Crippen molar-refractivity contribution in [3.05, 3.63) is 6.54 Å². The second-order valence-corrected chi connectivity index (χ2v) is 3.45. The first-order chi connectivity index (χ1) is 4.84. The molecule has 0 spiro atoms. The fraction of sp³-hybridized carbons (Fsp3) is 0.889. The van der Waals surface area contributed by atoms with Crippen molar-refractivity contribution < 1.29 is 0 Å². The summed E-state index contributed by atoms with van der Waals surface area (Å²) < 4.78 is 0. The van der Waals surface area contributed by atoms with Crippen molar-refractivity contribution in [2.45, 2.75) is 39.0 Å². The molecular weight excluding hydrogens is 122 g/mol. The zero-order valence-corrected chi connectivity index (χ0v) is 6.84. The van der Waals surface area contributed by atoms with Crippen LogP contribution in [0.1, 0.15) is 39.0 Å². The Labute approximate surface area is 64.0 Å². The minimum atomic E-state index is 0.639. The van der Waals surface area contributed by atoms with Crippen LogP contribution in [0, 0.1) is 18.4 Å². The van der Waals surface area contributed by atoms with E-state index in [1.807, 2.05) is 6.54 Å². The van der Waals surface area contributed by atoms with Crippen LogP contribution in [0.5, 0.6) is 0 Å². The molecule has 0 aromatic heterocycles. The molecular formula is C9H18N. The Morgan fingerprint density at radius 2 is 1.90 bits per heavy atom. The minimum absolute atomic E-state index is 0.639. The molecule has 59 valence electrons. The third-order valence-electron chi connectivity index (χ3n) is 2.70. The van der Waals surface area contributed by atoms with E-state index in [-0.39, 0.29) is 0 Å². The first kappa shape index (κ1) is 8.06. The minimum Gasteiger partial charge on any atom is -0.326 e. The predicted octanol–water partition coefficient (Wildman–Crippen LogP) is 2.32. The molecule has 0 saturated heterocycles. The van der Waals surface area contributed by atoms with Gasteiger partial charge in [-0.1, -0.05) is 39.0 Å². The first-order valence-corrected chi connectivity index (χ1v) is 4.39. The summed E-state index contributed by atoms with van der Waals surface area (Å²) in [6, 6.07) is 0. The summed E-state index contributed by atoms with van der Waals surface area (Å²) >= 11 is 0. The van der Waals surface area contributed by atoms with Crippen molar-refractivity contribution >= 4 is 0 Å². The van der Waals surface area contributed by atoms with Crippen LogP contribution in [0.15, 0.2) is 0 Å². The highest BCUT2D eigenvalue weighted by Crippen LogP contribution is 2.29. The normalized spacial score (nSPS) is 24.6. The number of hydrogen-bond acceptors (Lipinski definition) is 1. The van der Waals surface area contributed by atoms with Gasteiger partial charge in [0.25, 0.3) is 0 Å². The first-order valence-electron chi connectivity index (χ1n) is 4.39. The summed E-state index contributed by atoms with van der Waals surface area (Å²) in [5, 5.41) is 0. The van der Waals surface area contributed by atoms with Crippen molar-refractivity contribution in [1.29, 1.82) is 0 Å². The van der Waals surface area contributed by atoms with E-state index in [0.29, 0.717) is 5.92 Å². The molecule has 0 heterocycles. The van der Waals surface area contributed by atoms with Gasteiger partial charge in [-0.3, -0.25) is 0 Å². The molecule has 1 nitrogen and oxygen atoms in total. The fourth-order valence-electron chi connectivity index (χ4n) is 1.82. The largest absolute Gasteiger partial charge is 0.326 e. The van der Waals surface area contributed by atoms with Crippen LogP contribution in [0.25, 0.3) is 0 Å². The highest BCUT2D eigenvalue weighted by Gasteiger charge is 2.18. The average Bonchev–Trinajstić information content (AvgIpc) is 2.05.